The van der Waals surface area contributed by atoms with Crippen molar-refractivity contribution in [2.45, 2.75) is 32.0 Å². The molecule has 1 aliphatic rings. The van der Waals surface area contributed by atoms with E-state index < -0.39 is 0 Å². The molecule has 0 unspecified atom stereocenters. The summed E-state index contributed by atoms with van der Waals surface area (Å²) >= 11 is 8.87. The zero-order valence-electron chi connectivity index (χ0n) is 15.4. The first-order valence-electron chi connectivity index (χ1n) is 9.00. The lowest BCUT2D eigenvalue weighted by Crippen LogP contribution is -2.35. The second-order valence-electron chi connectivity index (χ2n) is 6.95. The summed E-state index contributed by atoms with van der Waals surface area (Å²) in [5.41, 5.74) is 1.30. The van der Waals surface area contributed by atoms with Crippen molar-refractivity contribution in [1.29, 1.82) is 0 Å². The van der Waals surface area contributed by atoms with Crippen molar-refractivity contribution in [2.75, 3.05) is 0 Å². The van der Waals surface area contributed by atoms with Gasteiger partial charge in [-0.2, -0.15) is 0 Å². The summed E-state index contributed by atoms with van der Waals surface area (Å²) in [7, 11) is 0. The number of rotatable bonds is 4. The van der Waals surface area contributed by atoms with E-state index in [4.69, 9.17) is 16.6 Å². The van der Waals surface area contributed by atoms with Crippen LogP contribution in [0.15, 0.2) is 63.6 Å². The second kappa shape index (κ2) is 7.64. The predicted molar refractivity (Wildman–Crippen MR) is 114 cm³/mol. The van der Waals surface area contributed by atoms with Gasteiger partial charge < -0.3 is 14.6 Å². The van der Waals surface area contributed by atoms with E-state index in [1.54, 1.807) is 24.4 Å². The van der Waals surface area contributed by atoms with Crippen LogP contribution in [0.25, 0.3) is 11.3 Å². The molecule has 0 saturated carbocycles. The van der Waals surface area contributed by atoms with Gasteiger partial charge in [0.2, 0.25) is 0 Å². The molecule has 28 heavy (non-hydrogen) atoms. The number of halogens is 2. The van der Waals surface area contributed by atoms with E-state index in [1.165, 1.54) is 6.07 Å². The maximum Gasteiger partial charge on any atom is 0.170 e. The molecule has 144 valence electrons. The van der Waals surface area contributed by atoms with Gasteiger partial charge in [-0.1, -0.05) is 22.0 Å². The Morgan fingerprint density at radius 2 is 2.04 bits per heavy atom. The Hall–Kier alpha value is -2.25. The van der Waals surface area contributed by atoms with E-state index in [0.717, 1.165) is 5.69 Å². The molecule has 4 rings (SSSR count). The fourth-order valence-corrected chi connectivity index (χ4v) is 4.36. The Labute approximate surface area is 176 Å². The highest BCUT2D eigenvalue weighted by molar-refractivity contribution is 9.10. The standard InChI is InChI=1S/C21H19BrFN3OS/c1-12(2)26-20(19(25-21(26)28)16-5-3-4-10-24-16)18-9-8-17(27-18)14-7-6-13(22)11-15(14)23/h3-12,19-20H,1-2H3,(H,25,28)/t19-,20-/m0/s1. The molecular weight excluding hydrogens is 441 g/mol. The van der Waals surface area contributed by atoms with Gasteiger partial charge in [0.1, 0.15) is 23.4 Å². The predicted octanol–water partition coefficient (Wildman–Crippen LogP) is 5.62. The fraction of sp³-hybridized carbons (Fsp3) is 0.238. The third kappa shape index (κ3) is 3.44. The van der Waals surface area contributed by atoms with E-state index in [1.807, 2.05) is 24.3 Å². The number of nitrogens with zero attached hydrogens (tertiary/aromatic N) is 2. The van der Waals surface area contributed by atoms with Crippen molar-refractivity contribution in [1.82, 2.24) is 15.2 Å². The number of aromatic nitrogens is 1. The van der Waals surface area contributed by atoms with Gasteiger partial charge in [-0.05, 0) is 68.5 Å². The molecular formula is C21H19BrFN3OS. The van der Waals surface area contributed by atoms with E-state index in [9.17, 15) is 4.39 Å². The van der Waals surface area contributed by atoms with Crippen LogP contribution in [0.2, 0.25) is 0 Å². The van der Waals surface area contributed by atoms with Crippen LogP contribution < -0.4 is 5.32 Å². The molecule has 1 N–H and O–H groups in total. The van der Waals surface area contributed by atoms with Crippen LogP contribution in [0.4, 0.5) is 4.39 Å². The molecule has 0 aliphatic carbocycles. The first-order valence-corrected chi connectivity index (χ1v) is 10.2. The number of thiocarbonyl (C=S) groups is 1. The van der Waals surface area contributed by atoms with Crippen LogP contribution in [0.5, 0.6) is 0 Å². The number of pyridine rings is 1. The number of furan rings is 1. The van der Waals surface area contributed by atoms with Crippen LogP contribution in [0.3, 0.4) is 0 Å². The minimum Gasteiger partial charge on any atom is -0.459 e. The fourth-order valence-electron chi connectivity index (χ4n) is 3.57. The number of nitrogens with one attached hydrogen (secondary N) is 1. The lowest BCUT2D eigenvalue weighted by molar-refractivity contribution is 0.237. The highest BCUT2D eigenvalue weighted by Crippen LogP contribution is 2.41. The molecule has 3 aromatic rings. The molecule has 0 radical (unpaired) electrons. The number of hydrogen-bond donors (Lipinski definition) is 1. The summed E-state index contributed by atoms with van der Waals surface area (Å²) in [5, 5.41) is 4.03. The van der Waals surface area contributed by atoms with Gasteiger partial charge in [0.05, 0.1) is 17.3 Å². The Kier molecular flexibility index (Phi) is 5.21. The van der Waals surface area contributed by atoms with Crippen molar-refractivity contribution < 1.29 is 8.81 Å². The van der Waals surface area contributed by atoms with Crippen LogP contribution >= 0.6 is 28.1 Å². The van der Waals surface area contributed by atoms with Crippen LogP contribution in [-0.2, 0) is 0 Å². The van der Waals surface area contributed by atoms with Gasteiger partial charge in [-0.3, -0.25) is 4.98 Å². The SMILES string of the molecule is CC(C)N1C(=S)N[C@@H](c2ccccn2)[C@@H]1c1ccc(-c2ccc(Br)cc2F)o1. The average molecular weight is 460 g/mol. The zero-order chi connectivity index (χ0) is 19.8. The summed E-state index contributed by atoms with van der Waals surface area (Å²) < 4.78 is 21.2. The third-order valence-corrected chi connectivity index (χ3v) is 5.63. The summed E-state index contributed by atoms with van der Waals surface area (Å²) in [6, 6.07) is 14.3. The minimum atomic E-state index is -0.336. The van der Waals surface area contributed by atoms with Gasteiger partial charge in [0.15, 0.2) is 5.11 Å². The van der Waals surface area contributed by atoms with Crippen LogP contribution in [0, 0.1) is 5.82 Å². The van der Waals surface area contributed by atoms with Crippen molar-refractivity contribution >= 4 is 33.3 Å². The number of hydrogen-bond acceptors (Lipinski definition) is 3. The van der Waals surface area contributed by atoms with Gasteiger partial charge in [0.25, 0.3) is 0 Å². The molecule has 2 aromatic heterocycles. The molecule has 0 amide bonds. The average Bonchev–Trinajstić information content (AvgIpc) is 3.26. The Balaban J connectivity index is 1.76. The molecule has 7 heteroatoms. The molecule has 4 nitrogen and oxygen atoms in total. The largest absolute Gasteiger partial charge is 0.459 e. The smallest absolute Gasteiger partial charge is 0.170 e. The van der Waals surface area contributed by atoms with Crippen LogP contribution in [0.1, 0.15) is 37.4 Å². The summed E-state index contributed by atoms with van der Waals surface area (Å²) in [6.07, 6.45) is 1.76. The topological polar surface area (TPSA) is 41.3 Å². The Morgan fingerprint density at radius 1 is 1.21 bits per heavy atom. The van der Waals surface area contributed by atoms with E-state index in [-0.39, 0.29) is 23.9 Å². The van der Waals surface area contributed by atoms with Gasteiger partial charge in [-0.25, -0.2) is 4.39 Å². The van der Waals surface area contributed by atoms with Gasteiger partial charge in [-0.15, -0.1) is 0 Å². The molecule has 0 spiro atoms. The monoisotopic (exact) mass is 459 g/mol. The Morgan fingerprint density at radius 3 is 2.71 bits per heavy atom. The summed E-state index contributed by atoms with van der Waals surface area (Å²) in [6.45, 7) is 4.17. The highest BCUT2D eigenvalue weighted by atomic mass is 79.9. The van der Waals surface area contributed by atoms with E-state index in [0.29, 0.717) is 26.7 Å². The molecule has 1 saturated heterocycles. The lowest BCUT2D eigenvalue weighted by atomic mass is 10.0. The van der Waals surface area contributed by atoms with Gasteiger partial charge in [0, 0.05) is 16.7 Å². The molecule has 1 aromatic carbocycles. The molecule has 3 heterocycles. The Bertz CT molecular complexity index is 1010. The van der Waals surface area contributed by atoms with Crippen molar-refractivity contribution in [3.05, 3.63) is 76.5 Å². The maximum atomic E-state index is 14.4. The quantitative estimate of drug-likeness (QED) is 0.512. The van der Waals surface area contributed by atoms with Crippen molar-refractivity contribution in [3.8, 4) is 11.3 Å². The van der Waals surface area contributed by atoms with Crippen molar-refractivity contribution in [2.24, 2.45) is 0 Å². The lowest BCUT2D eigenvalue weighted by Gasteiger charge is -2.29. The normalized spacial score (nSPS) is 19.3. The summed E-state index contributed by atoms with van der Waals surface area (Å²) in [5.74, 6) is 0.868. The number of benzene rings is 1. The first-order chi connectivity index (χ1) is 13.5. The summed E-state index contributed by atoms with van der Waals surface area (Å²) in [4.78, 5) is 6.60. The molecule has 1 fully saturated rings. The van der Waals surface area contributed by atoms with Gasteiger partial charge >= 0.3 is 0 Å². The minimum absolute atomic E-state index is 0.148. The second-order valence-corrected chi connectivity index (χ2v) is 8.26. The van der Waals surface area contributed by atoms with E-state index >= 15 is 0 Å². The highest BCUT2D eigenvalue weighted by Gasteiger charge is 2.42. The first kappa shape index (κ1) is 19.1. The maximum absolute atomic E-state index is 14.4. The molecule has 0 bridgehead atoms. The van der Waals surface area contributed by atoms with Crippen LogP contribution in [-0.4, -0.2) is 21.0 Å². The molecule has 2 atom stereocenters. The third-order valence-electron chi connectivity index (χ3n) is 4.81. The molecule has 1 aliphatic heterocycles. The van der Waals surface area contributed by atoms with Crippen molar-refractivity contribution in [3.63, 3.8) is 0 Å². The zero-order valence-corrected chi connectivity index (χ0v) is 17.8. The van der Waals surface area contributed by atoms with E-state index in [2.05, 4.69) is 45.0 Å².